The molecule has 2 N–H and O–H groups in total. The van der Waals surface area contributed by atoms with Crippen LogP contribution in [0.3, 0.4) is 0 Å². The summed E-state index contributed by atoms with van der Waals surface area (Å²) in [4.78, 5) is 32.4. The molecule has 4 aromatic rings. The van der Waals surface area contributed by atoms with Crippen molar-refractivity contribution in [3.8, 4) is 11.5 Å². The summed E-state index contributed by atoms with van der Waals surface area (Å²) in [6.07, 6.45) is 4.55. The molecule has 0 spiro atoms. The average Bonchev–Trinajstić information content (AvgIpc) is 3.35. The Bertz CT molecular complexity index is 1540. The van der Waals surface area contributed by atoms with Crippen LogP contribution < -0.4 is 19.7 Å². The minimum atomic E-state index is -0.165. The van der Waals surface area contributed by atoms with E-state index < -0.39 is 0 Å². The molecule has 3 aromatic carbocycles. The first-order chi connectivity index (χ1) is 18.5. The van der Waals surface area contributed by atoms with Crippen molar-refractivity contribution in [2.45, 2.75) is 18.2 Å². The molecule has 0 aliphatic carbocycles. The molecule has 1 aliphatic rings. The largest absolute Gasteiger partial charge is 0.493 e. The maximum atomic E-state index is 13.2. The molecule has 0 radical (unpaired) electrons. The Morgan fingerprint density at radius 2 is 1.95 bits per heavy atom. The number of H-pyrrole nitrogens is 1. The summed E-state index contributed by atoms with van der Waals surface area (Å²) in [5.41, 5.74) is 4.32. The number of carbonyl (C=O) groups is 2. The molecule has 38 heavy (non-hydrogen) atoms. The number of likely N-dealkylation sites (N-methyl/N-ethyl adjacent to an activating group) is 1. The fourth-order valence-corrected chi connectivity index (χ4v) is 5.58. The van der Waals surface area contributed by atoms with Gasteiger partial charge >= 0.3 is 0 Å². The molecular formula is C30H29N3O4S. The lowest BCUT2D eigenvalue weighted by Crippen LogP contribution is -2.31. The van der Waals surface area contributed by atoms with Gasteiger partial charge in [-0.15, -0.1) is 0 Å². The van der Waals surface area contributed by atoms with Crippen LogP contribution in [0.2, 0.25) is 0 Å². The number of aromatic amines is 1. The monoisotopic (exact) mass is 527 g/mol. The molecule has 1 aliphatic heterocycles. The standard InChI is InChI=1S/C30H29N3O4S/c1-4-37-25-11-9-19(15-26(25)36-3)16-28-30(35)33(2)24-17-20(10-12-27(24)38-28)29(34)31-14-13-21-18-32-23-8-6-5-7-22(21)23/h5-12,15-18,32H,4,13-14H2,1-3H3,(H,31,34)/b28-16+. The first kappa shape index (κ1) is 25.5. The molecule has 0 atom stereocenters. The number of amides is 2. The highest BCUT2D eigenvalue weighted by atomic mass is 32.2. The van der Waals surface area contributed by atoms with Crippen molar-refractivity contribution in [1.82, 2.24) is 10.3 Å². The van der Waals surface area contributed by atoms with Crippen LogP contribution in [-0.2, 0) is 11.2 Å². The second kappa shape index (κ2) is 11.1. The zero-order chi connectivity index (χ0) is 26.6. The number of aromatic nitrogens is 1. The van der Waals surface area contributed by atoms with E-state index in [-0.39, 0.29) is 11.8 Å². The van der Waals surface area contributed by atoms with Crippen LogP contribution >= 0.6 is 11.8 Å². The number of nitrogens with zero attached hydrogens (tertiary/aromatic N) is 1. The number of nitrogens with one attached hydrogen (secondary N) is 2. The smallest absolute Gasteiger partial charge is 0.264 e. The third-order valence-corrected chi connectivity index (χ3v) is 7.54. The number of anilines is 1. The van der Waals surface area contributed by atoms with E-state index in [0.29, 0.717) is 40.8 Å². The summed E-state index contributed by atoms with van der Waals surface area (Å²) < 4.78 is 11.0. The number of methoxy groups -OCH3 is 1. The predicted octanol–water partition coefficient (Wildman–Crippen LogP) is 5.66. The Morgan fingerprint density at radius 3 is 2.76 bits per heavy atom. The van der Waals surface area contributed by atoms with Crippen molar-refractivity contribution >= 4 is 46.2 Å². The normalized spacial score (nSPS) is 14.0. The van der Waals surface area contributed by atoms with Gasteiger partial charge in [-0.2, -0.15) is 0 Å². The molecule has 0 saturated heterocycles. The van der Waals surface area contributed by atoms with E-state index in [2.05, 4.69) is 16.4 Å². The van der Waals surface area contributed by atoms with Crippen LogP contribution in [0.15, 0.2) is 76.7 Å². The van der Waals surface area contributed by atoms with Gasteiger partial charge in [0.05, 0.1) is 24.3 Å². The fourth-order valence-electron chi connectivity index (χ4n) is 4.49. The van der Waals surface area contributed by atoms with E-state index in [1.54, 1.807) is 31.2 Å². The summed E-state index contributed by atoms with van der Waals surface area (Å²) >= 11 is 1.39. The summed E-state index contributed by atoms with van der Waals surface area (Å²) in [6, 6.07) is 19.2. The topological polar surface area (TPSA) is 83.7 Å². The number of hydrogen-bond acceptors (Lipinski definition) is 5. The maximum absolute atomic E-state index is 13.2. The van der Waals surface area contributed by atoms with Crippen LogP contribution in [0.25, 0.3) is 17.0 Å². The third kappa shape index (κ3) is 5.13. The van der Waals surface area contributed by atoms with Crippen molar-refractivity contribution in [2.24, 2.45) is 0 Å². The van der Waals surface area contributed by atoms with Gasteiger partial charge < -0.3 is 24.7 Å². The first-order valence-electron chi connectivity index (χ1n) is 12.4. The lowest BCUT2D eigenvalue weighted by molar-refractivity contribution is -0.114. The average molecular weight is 528 g/mol. The van der Waals surface area contributed by atoms with Gasteiger partial charge in [0.1, 0.15) is 0 Å². The van der Waals surface area contributed by atoms with Gasteiger partial charge in [0.2, 0.25) is 0 Å². The second-order valence-corrected chi connectivity index (χ2v) is 9.95. The lowest BCUT2D eigenvalue weighted by Gasteiger charge is -2.27. The molecule has 2 heterocycles. The van der Waals surface area contributed by atoms with Gasteiger partial charge in [-0.3, -0.25) is 9.59 Å². The Morgan fingerprint density at radius 1 is 1.11 bits per heavy atom. The van der Waals surface area contributed by atoms with E-state index in [1.807, 2.05) is 61.7 Å². The molecular weight excluding hydrogens is 498 g/mol. The van der Waals surface area contributed by atoms with E-state index >= 15 is 0 Å². The highest BCUT2D eigenvalue weighted by Gasteiger charge is 2.27. The number of hydrogen-bond donors (Lipinski definition) is 2. The maximum Gasteiger partial charge on any atom is 0.264 e. The summed E-state index contributed by atoms with van der Waals surface area (Å²) in [6.45, 7) is 2.97. The number of ether oxygens (including phenoxy) is 2. The molecule has 1 aromatic heterocycles. The first-order valence-corrected chi connectivity index (χ1v) is 13.3. The van der Waals surface area contributed by atoms with Gasteiger partial charge in [0.15, 0.2) is 11.5 Å². The number of carbonyl (C=O) groups excluding carboxylic acids is 2. The van der Waals surface area contributed by atoms with Crippen LogP contribution in [0, 0.1) is 0 Å². The molecule has 0 saturated carbocycles. The number of para-hydroxylation sites is 1. The SMILES string of the molecule is CCOc1ccc(/C=C2/Sc3ccc(C(=O)NCCc4c[nH]c5ccccc45)cc3N(C)C2=O)cc1OC. The van der Waals surface area contributed by atoms with Gasteiger partial charge in [0.25, 0.3) is 11.8 Å². The van der Waals surface area contributed by atoms with E-state index in [1.165, 1.54) is 17.1 Å². The van der Waals surface area contributed by atoms with Gasteiger partial charge in [-0.1, -0.05) is 36.0 Å². The van der Waals surface area contributed by atoms with Crippen molar-refractivity contribution in [2.75, 3.05) is 32.2 Å². The highest BCUT2D eigenvalue weighted by molar-refractivity contribution is 8.04. The Labute approximate surface area is 225 Å². The second-order valence-electron chi connectivity index (χ2n) is 8.87. The highest BCUT2D eigenvalue weighted by Crippen LogP contribution is 2.42. The molecule has 7 nitrogen and oxygen atoms in total. The number of thioether (sulfide) groups is 1. The quantitative estimate of drug-likeness (QED) is 0.289. The van der Waals surface area contributed by atoms with Crippen LogP contribution in [-0.4, -0.2) is 44.1 Å². The number of rotatable bonds is 8. The Kier molecular flexibility index (Phi) is 7.42. The van der Waals surface area contributed by atoms with Crippen LogP contribution in [0.1, 0.15) is 28.4 Å². The van der Waals surface area contributed by atoms with Crippen molar-refractivity contribution < 1.29 is 19.1 Å². The summed E-state index contributed by atoms with van der Waals surface area (Å²) in [5.74, 6) is 0.978. The number of fused-ring (bicyclic) bond motifs is 2. The Balaban J connectivity index is 1.29. The van der Waals surface area contributed by atoms with Crippen LogP contribution in [0.4, 0.5) is 5.69 Å². The van der Waals surface area contributed by atoms with Crippen molar-refractivity contribution in [1.29, 1.82) is 0 Å². The minimum absolute atomic E-state index is 0.132. The summed E-state index contributed by atoms with van der Waals surface area (Å²) in [7, 11) is 3.32. The molecule has 0 unspecified atom stereocenters. The summed E-state index contributed by atoms with van der Waals surface area (Å²) in [5, 5.41) is 4.17. The van der Waals surface area contributed by atoms with Gasteiger partial charge in [0, 0.05) is 41.2 Å². The number of benzene rings is 3. The predicted molar refractivity (Wildman–Crippen MR) is 152 cm³/mol. The molecule has 194 valence electrons. The fraction of sp³-hybridized carbons (Fsp3) is 0.200. The zero-order valence-corrected chi connectivity index (χ0v) is 22.4. The van der Waals surface area contributed by atoms with Gasteiger partial charge in [-0.05, 0) is 66.9 Å². The van der Waals surface area contributed by atoms with E-state index in [9.17, 15) is 9.59 Å². The molecule has 0 fully saturated rings. The molecule has 5 rings (SSSR count). The van der Waals surface area contributed by atoms with E-state index in [4.69, 9.17) is 9.47 Å². The van der Waals surface area contributed by atoms with Gasteiger partial charge in [-0.25, -0.2) is 0 Å². The van der Waals surface area contributed by atoms with Crippen LogP contribution in [0.5, 0.6) is 11.5 Å². The lowest BCUT2D eigenvalue weighted by atomic mass is 10.1. The molecule has 8 heteroatoms. The third-order valence-electron chi connectivity index (χ3n) is 6.46. The van der Waals surface area contributed by atoms with Crippen molar-refractivity contribution in [3.05, 3.63) is 88.5 Å². The molecule has 0 bridgehead atoms. The van der Waals surface area contributed by atoms with Crippen molar-refractivity contribution in [3.63, 3.8) is 0 Å². The zero-order valence-electron chi connectivity index (χ0n) is 21.5. The molecule has 2 amide bonds. The minimum Gasteiger partial charge on any atom is -0.493 e. The van der Waals surface area contributed by atoms with E-state index in [0.717, 1.165) is 28.0 Å². The Hall–Kier alpha value is -4.17.